The van der Waals surface area contributed by atoms with Gasteiger partial charge in [0.25, 0.3) is 5.91 Å². The van der Waals surface area contributed by atoms with E-state index in [0.29, 0.717) is 43.8 Å². The highest BCUT2D eigenvalue weighted by Gasteiger charge is 2.34. The first-order valence-corrected chi connectivity index (χ1v) is 10.7. The van der Waals surface area contributed by atoms with Crippen LogP contribution >= 0.6 is 0 Å². The second-order valence-electron chi connectivity index (χ2n) is 8.38. The number of carbonyl (C=O) groups excluding carboxylic acids is 3. The van der Waals surface area contributed by atoms with E-state index in [1.54, 1.807) is 6.07 Å². The molecule has 1 aromatic rings. The molecule has 3 amide bonds. The van der Waals surface area contributed by atoms with Gasteiger partial charge >= 0.3 is 0 Å². The highest BCUT2D eigenvalue weighted by Crippen LogP contribution is 2.22. The van der Waals surface area contributed by atoms with Crippen LogP contribution in [0.1, 0.15) is 62.9 Å². The molecule has 29 heavy (non-hydrogen) atoms. The van der Waals surface area contributed by atoms with Gasteiger partial charge in [-0.25, -0.2) is 0 Å². The highest BCUT2D eigenvalue weighted by atomic mass is 16.2. The molecule has 0 spiro atoms. The number of nitrogens with zero attached hydrogens (tertiary/aromatic N) is 1. The topological polar surface area (TPSA) is 78.5 Å². The molecule has 6 heteroatoms. The smallest absolute Gasteiger partial charge is 0.252 e. The second kappa shape index (κ2) is 10.4. The summed E-state index contributed by atoms with van der Waals surface area (Å²) in [6.45, 7) is 11.1. The van der Waals surface area contributed by atoms with Crippen molar-refractivity contribution in [3.8, 4) is 0 Å². The van der Waals surface area contributed by atoms with Gasteiger partial charge in [0.2, 0.25) is 11.8 Å². The fourth-order valence-corrected chi connectivity index (χ4v) is 3.63. The van der Waals surface area contributed by atoms with Crippen molar-refractivity contribution in [2.75, 3.05) is 13.1 Å². The molecule has 1 saturated heterocycles. The Bertz CT molecular complexity index is 724. The van der Waals surface area contributed by atoms with Crippen LogP contribution in [0.4, 0.5) is 0 Å². The third-order valence-electron chi connectivity index (χ3n) is 5.99. The van der Waals surface area contributed by atoms with E-state index in [2.05, 4.69) is 24.5 Å². The zero-order valence-electron chi connectivity index (χ0n) is 18.3. The zero-order valence-corrected chi connectivity index (χ0v) is 18.3. The van der Waals surface area contributed by atoms with Crippen LogP contribution in [0.2, 0.25) is 0 Å². The Kier molecular flexibility index (Phi) is 8.23. The monoisotopic (exact) mass is 401 g/mol. The minimum Gasteiger partial charge on any atom is -0.352 e. The van der Waals surface area contributed by atoms with Crippen LogP contribution in [-0.4, -0.2) is 47.8 Å². The van der Waals surface area contributed by atoms with Gasteiger partial charge in [-0.1, -0.05) is 39.0 Å². The summed E-state index contributed by atoms with van der Waals surface area (Å²) in [6, 6.07) is 6.79. The average molecular weight is 402 g/mol. The first-order valence-electron chi connectivity index (χ1n) is 10.7. The molecule has 1 aliphatic rings. The summed E-state index contributed by atoms with van der Waals surface area (Å²) in [5.74, 6) is 0.0710. The molecule has 0 bridgehead atoms. The van der Waals surface area contributed by atoms with Gasteiger partial charge in [0.15, 0.2) is 0 Å². The van der Waals surface area contributed by atoms with Crippen LogP contribution in [0, 0.1) is 18.8 Å². The largest absolute Gasteiger partial charge is 0.352 e. The quantitative estimate of drug-likeness (QED) is 0.737. The Balaban J connectivity index is 2.15. The molecule has 0 saturated carbocycles. The number of likely N-dealkylation sites (tertiary alicyclic amines) is 1. The van der Waals surface area contributed by atoms with Crippen molar-refractivity contribution in [1.29, 1.82) is 0 Å². The Labute approximate surface area is 174 Å². The van der Waals surface area contributed by atoms with Gasteiger partial charge in [-0.05, 0) is 50.2 Å². The number of hydrogen-bond acceptors (Lipinski definition) is 3. The van der Waals surface area contributed by atoms with E-state index in [1.807, 2.05) is 43.9 Å². The SMILES string of the molecule is CCC(=O)N1CCC(C(NC(=O)c2ccccc2C)C(=O)NC(C)C(C)C)CC1. The summed E-state index contributed by atoms with van der Waals surface area (Å²) < 4.78 is 0. The van der Waals surface area contributed by atoms with Crippen molar-refractivity contribution in [2.45, 2.75) is 66.0 Å². The minimum atomic E-state index is -0.609. The Hall–Kier alpha value is -2.37. The van der Waals surface area contributed by atoms with Crippen molar-refractivity contribution in [2.24, 2.45) is 11.8 Å². The first-order chi connectivity index (χ1) is 13.7. The molecule has 2 atom stereocenters. The van der Waals surface area contributed by atoms with Crippen LogP contribution in [0.3, 0.4) is 0 Å². The molecule has 0 aromatic heterocycles. The maximum Gasteiger partial charge on any atom is 0.252 e. The van der Waals surface area contributed by atoms with Crippen LogP contribution in [0.15, 0.2) is 24.3 Å². The summed E-state index contributed by atoms with van der Waals surface area (Å²) in [5.41, 5.74) is 1.46. The summed E-state index contributed by atoms with van der Waals surface area (Å²) in [7, 11) is 0. The first kappa shape index (κ1) is 22.9. The van der Waals surface area contributed by atoms with Crippen molar-refractivity contribution in [3.63, 3.8) is 0 Å². The summed E-state index contributed by atoms with van der Waals surface area (Å²) in [6.07, 6.45) is 1.90. The molecule has 2 N–H and O–H groups in total. The predicted octanol–water partition coefficient (Wildman–Crippen LogP) is 2.90. The predicted molar refractivity (Wildman–Crippen MR) is 114 cm³/mol. The summed E-state index contributed by atoms with van der Waals surface area (Å²) in [4.78, 5) is 39.8. The van der Waals surface area contributed by atoms with E-state index < -0.39 is 6.04 Å². The van der Waals surface area contributed by atoms with Gasteiger partial charge < -0.3 is 15.5 Å². The number of hydrogen-bond donors (Lipinski definition) is 2. The lowest BCUT2D eigenvalue weighted by Crippen LogP contribution is -2.55. The molecule has 1 aromatic carbocycles. The number of amides is 3. The van der Waals surface area contributed by atoms with E-state index >= 15 is 0 Å². The van der Waals surface area contributed by atoms with Crippen molar-refractivity contribution < 1.29 is 14.4 Å². The molecule has 2 rings (SSSR count). The van der Waals surface area contributed by atoms with E-state index in [9.17, 15) is 14.4 Å². The third kappa shape index (κ3) is 6.05. The van der Waals surface area contributed by atoms with Crippen molar-refractivity contribution >= 4 is 17.7 Å². The van der Waals surface area contributed by atoms with Gasteiger partial charge in [-0.15, -0.1) is 0 Å². The number of carbonyl (C=O) groups is 3. The number of aryl methyl sites for hydroxylation is 1. The number of benzene rings is 1. The van der Waals surface area contributed by atoms with Gasteiger partial charge in [-0.2, -0.15) is 0 Å². The lowest BCUT2D eigenvalue weighted by atomic mass is 9.88. The van der Waals surface area contributed by atoms with Crippen LogP contribution < -0.4 is 10.6 Å². The molecule has 1 heterocycles. The number of nitrogens with one attached hydrogen (secondary N) is 2. The number of piperidine rings is 1. The fourth-order valence-electron chi connectivity index (χ4n) is 3.63. The van der Waals surface area contributed by atoms with Crippen molar-refractivity contribution in [1.82, 2.24) is 15.5 Å². The Morgan fingerprint density at radius 2 is 1.69 bits per heavy atom. The molecule has 2 unspecified atom stereocenters. The molecule has 1 aliphatic heterocycles. The summed E-state index contributed by atoms with van der Waals surface area (Å²) in [5, 5.41) is 6.05. The lowest BCUT2D eigenvalue weighted by molar-refractivity contribution is -0.132. The standard InChI is InChI=1S/C23H35N3O3/c1-6-20(27)26-13-11-18(12-14-26)21(23(29)24-17(5)15(2)3)25-22(28)19-10-8-7-9-16(19)4/h7-10,15,17-18,21H,6,11-14H2,1-5H3,(H,24,29)(H,25,28). The van der Waals surface area contributed by atoms with E-state index in [1.165, 1.54) is 0 Å². The molecule has 0 aliphatic carbocycles. The third-order valence-corrected chi connectivity index (χ3v) is 5.99. The lowest BCUT2D eigenvalue weighted by Gasteiger charge is -2.36. The van der Waals surface area contributed by atoms with Crippen LogP contribution in [-0.2, 0) is 9.59 Å². The second-order valence-corrected chi connectivity index (χ2v) is 8.38. The highest BCUT2D eigenvalue weighted by molar-refractivity contribution is 5.98. The van der Waals surface area contributed by atoms with Gasteiger partial charge in [0.05, 0.1) is 0 Å². The maximum absolute atomic E-state index is 13.1. The average Bonchev–Trinajstić information content (AvgIpc) is 2.71. The van der Waals surface area contributed by atoms with Gasteiger partial charge in [0.1, 0.15) is 6.04 Å². The van der Waals surface area contributed by atoms with E-state index in [4.69, 9.17) is 0 Å². The minimum absolute atomic E-state index is 0.00300. The van der Waals surface area contributed by atoms with E-state index in [-0.39, 0.29) is 29.7 Å². The molecule has 160 valence electrons. The normalized spacial score (nSPS) is 17.0. The van der Waals surface area contributed by atoms with Crippen molar-refractivity contribution in [3.05, 3.63) is 35.4 Å². The Morgan fingerprint density at radius 3 is 2.24 bits per heavy atom. The Morgan fingerprint density at radius 1 is 1.07 bits per heavy atom. The van der Waals surface area contributed by atoms with E-state index in [0.717, 1.165) is 5.56 Å². The zero-order chi connectivity index (χ0) is 21.6. The van der Waals surface area contributed by atoms with Crippen LogP contribution in [0.5, 0.6) is 0 Å². The molecule has 1 fully saturated rings. The number of rotatable bonds is 7. The molecule has 6 nitrogen and oxygen atoms in total. The molecular formula is C23H35N3O3. The molecule has 0 radical (unpaired) electrons. The summed E-state index contributed by atoms with van der Waals surface area (Å²) >= 11 is 0. The van der Waals surface area contributed by atoms with Gasteiger partial charge in [-0.3, -0.25) is 14.4 Å². The van der Waals surface area contributed by atoms with Gasteiger partial charge in [0, 0.05) is 31.1 Å². The maximum atomic E-state index is 13.1. The molecular weight excluding hydrogens is 366 g/mol. The van der Waals surface area contributed by atoms with Crippen LogP contribution in [0.25, 0.3) is 0 Å². The fraction of sp³-hybridized carbons (Fsp3) is 0.609.